The largest absolute Gasteiger partial charge is 0.508 e. The molecule has 3 aromatic rings. The summed E-state index contributed by atoms with van der Waals surface area (Å²) in [6, 6.07) is 16.9. The highest BCUT2D eigenvalue weighted by atomic mass is 16.3. The van der Waals surface area contributed by atoms with Gasteiger partial charge in [-0.05, 0) is 65.3 Å². The van der Waals surface area contributed by atoms with Crippen LogP contribution in [0, 0.1) is 0 Å². The van der Waals surface area contributed by atoms with Crippen LogP contribution in [0.25, 0.3) is 10.8 Å². The lowest BCUT2D eigenvalue weighted by atomic mass is 9.85. The number of amides is 1. The molecule has 0 aliphatic heterocycles. The maximum Gasteiger partial charge on any atom is 0.255 e. The number of aromatic hydroxyl groups is 2. The predicted octanol–water partition coefficient (Wildman–Crippen LogP) is 6.05. The van der Waals surface area contributed by atoms with E-state index in [1.54, 1.807) is 18.2 Å². The highest BCUT2D eigenvalue weighted by Crippen LogP contribution is 2.36. The third-order valence-corrected chi connectivity index (χ3v) is 6.44. The molecule has 0 spiro atoms. The van der Waals surface area contributed by atoms with E-state index >= 15 is 0 Å². The van der Waals surface area contributed by atoms with Gasteiger partial charge in [-0.25, -0.2) is 0 Å². The Morgan fingerprint density at radius 2 is 1.52 bits per heavy atom. The molecule has 1 aliphatic rings. The van der Waals surface area contributed by atoms with Crippen LogP contribution in [0.2, 0.25) is 0 Å². The van der Waals surface area contributed by atoms with Gasteiger partial charge in [0.1, 0.15) is 11.5 Å². The molecule has 4 heteroatoms. The van der Waals surface area contributed by atoms with Gasteiger partial charge >= 0.3 is 0 Å². The quantitative estimate of drug-likeness (QED) is 0.473. The highest BCUT2D eigenvalue weighted by molar-refractivity contribution is 6.01. The van der Waals surface area contributed by atoms with Crippen molar-refractivity contribution < 1.29 is 15.0 Å². The molecular weight excluding hydrogens is 386 g/mol. The minimum atomic E-state index is -0.276. The standard InChI is InChI=1S/C27H31NO3/c29-25-13-12-19(16-23(25)20-8-4-2-1-3-5-9-20)14-15-28-27(31)24-17-21-10-6-7-11-22(21)18-26(24)30/h6-7,10-13,16-18,20,29-30H,1-5,8-9,14-15H2,(H,28,31). The fourth-order valence-corrected chi connectivity index (χ4v) is 4.68. The predicted molar refractivity (Wildman–Crippen MR) is 125 cm³/mol. The Labute approximate surface area is 183 Å². The van der Waals surface area contributed by atoms with Crippen LogP contribution >= 0.6 is 0 Å². The summed E-state index contributed by atoms with van der Waals surface area (Å²) < 4.78 is 0. The first-order valence-corrected chi connectivity index (χ1v) is 11.4. The van der Waals surface area contributed by atoms with Crippen molar-refractivity contribution in [3.8, 4) is 11.5 Å². The van der Waals surface area contributed by atoms with E-state index in [2.05, 4.69) is 11.4 Å². The molecule has 162 valence electrons. The monoisotopic (exact) mass is 417 g/mol. The first-order chi connectivity index (χ1) is 15.1. The first-order valence-electron chi connectivity index (χ1n) is 11.4. The van der Waals surface area contributed by atoms with Crippen LogP contribution in [-0.4, -0.2) is 22.7 Å². The van der Waals surface area contributed by atoms with Gasteiger partial charge in [0.15, 0.2) is 0 Å². The normalized spacial score (nSPS) is 15.4. The van der Waals surface area contributed by atoms with Crippen molar-refractivity contribution in [3.63, 3.8) is 0 Å². The zero-order chi connectivity index (χ0) is 21.6. The fraction of sp³-hybridized carbons (Fsp3) is 0.370. The van der Waals surface area contributed by atoms with Gasteiger partial charge in [-0.15, -0.1) is 0 Å². The van der Waals surface area contributed by atoms with Gasteiger partial charge in [0.05, 0.1) is 5.56 Å². The molecule has 1 amide bonds. The van der Waals surface area contributed by atoms with Crippen molar-refractivity contribution in [1.29, 1.82) is 0 Å². The molecule has 0 heterocycles. The van der Waals surface area contributed by atoms with Crippen molar-refractivity contribution in [2.45, 2.75) is 57.3 Å². The lowest BCUT2D eigenvalue weighted by molar-refractivity contribution is 0.0951. The molecule has 3 aromatic carbocycles. The lowest BCUT2D eigenvalue weighted by Crippen LogP contribution is -2.25. The first kappa shape index (κ1) is 21.2. The second-order valence-corrected chi connectivity index (χ2v) is 8.66. The van der Waals surface area contributed by atoms with Gasteiger partial charge in [0.2, 0.25) is 0 Å². The Balaban J connectivity index is 1.40. The summed E-state index contributed by atoms with van der Waals surface area (Å²) in [6.07, 6.45) is 9.28. The molecule has 0 saturated heterocycles. The second-order valence-electron chi connectivity index (χ2n) is 8.66. The van der Waals surface area contributed by atoms with Crippen LogP contribution in [0.3, 0.4) is 0 Å². The third kappa shape index (κ3) is 5.19. The molecule has 0 unspecified atom stereocenters. The smallest absolute Gasteiger partial charge is 0.255 e. The summed E-state index contributed by atoms with van der Waals surface area (Å²) in [6.45, 7) is 0.472. The van der Waals surface area contributed by atoms with Crippen molar-refractivity contribution in [2.24, 2.45) is 0 Å². The van der Waals surface area contributed by atoms with Gasteiger partial charge in [-0.3, -0.25) is 4.79 Å². The van der Waals surface area contributed by atoms with Crippen molar-refractivity contribution in [1.82, 2.24) is 5.32 Å². The van der Waals surface area contributed by atoms with Crippen molar-refractivity contribution in [3.05, 3.63) is 71.3 Å². The number of hydrogen-bond acceptors (Lipinski definition) is 3. The topological polar surface area (TPSA) is 69.6 Å². The molecule has 4 nitrogen and oxygen atoms in total. The van der Waals surface area contributed by atoms with E-state index < -0.39 is 0 Å². The van der Waals surface area contributed by atoms with E-state index in [1.807, 2.05) is 30.3 Å². The van der Waals surface area contributed by atoms with Crippen molar-refractivity contribution in [2.75, 3.05) is 6.54 Å². The molecule has 0 radical (unpaired) electrons. The molecular formula is C27H31NO3. The van der Waals surface area contributed by atoms with Gasteiger partial charge in [-0.2, -0.15) is 0 Å². The Morgan fingerprint density at radius 3 is 2.26 bits per heavy atom. The van der Waals surface area contributed by atoms with E-state index in [4.69, 9.17) is 0 Å². The summed E-state index contributed by atoms with van der Waals surface area (Å²) >= 11 is 0. The SMILES string of the molecule is O=C(NCCc1ccc(O)c(C2CCCCCCC2)c1)c1cc2ccccc2cc1O. The molecule has 0 bridgehead atoms. The number of benzene rings is 3. The number of nitrogens with one attached hydrogen (secondary N) is 1. The number of fused-ring (bicyclic) bond motifs is 1. The zero-order valence-corrected chi connectivity index (χ0v) is 17.9. The number of rotatable bonds is 5. The Bertz CT molecular complexity index is 1050. The van der Waals surface area contributed by atoms with Gasteiger partial charge in [0.25, 0.3) is 5.91 Å². The van der Waals surface area contributed by atoms with Crippen LogP contribution in [0.5, 0.6) is 11.5 Å². The summed E-state index contributed by atoms with van der Waals surface area (Å²) in [5.41, 5.74) is 2.45. The van der Waals surface area contributed by atoms with E-state index in [0.29, 0.717) is 30.2 Å². The number of carbonyl (C=O) groups excluding carboxylic acids is 1. The number of carbonyl (C=O) groups is 1. The van der Waals surface area contributed by atoms with Gasteiger partial charge in [0, 0.05) is 6.54 Å². The van der Waals surface area contributed by atoms with Crippen LogP contribution < -0.4 is 5.32 Å². The minimum absolute atomic E-state index is 0.00704. The molecule has 1 fully saturated rings. The lowest BCUT2D eigenvalue weighted by Gasteiger charge is -2.21. The Morgan fingerprint density at radius 1 is 0.839 bits per heavy atom. The fourth-order valence-electron chi connectivity index (χ4n) is 4.68. The molecule has 31 heavy (non-hydrogen) atoms. The van der Waals surface area contributed by atoms with Crippen LogP contribution in [-0.2, 0) is 6.42 Å². The summed E-state index contributed by atoms with van der Waals surface area (Å²) in [5, 5.41) is 25.4. The average Bonchev–Trinajstić information content (AvgIpc) is 2.74. The molecule has 3 N–H and O–H groups in total. The number of phenols is 2. The highest BCUT2D eigenvalue weighted by Gasteiger charge is 2.18. The van der Waals surface area contributed by atoms with Crippen LogP contribution in [0.4, 0.5) is 0 Å². The maximum atomic E-state index is 12.6. The molecule has 0 aromatic heterocycles. The maximum absolute atomic E-state index is 12.6. The van der Waals surface area contributed by atoms with Crippen LogP contribution in [0.15, 0.2) is 54.6 Å². The Hall–Kier alpha value is -3.01. The second kappa shape index (κ2) is 9.86. The van der Waals surface area contributed by atoms with E-state index in [1.165, 1.54) is 32.1 Å². The zero-order valence-electron chi connectivity index (χ0n) is 17.9. The molecule has 0 atom stereocenters. The minimum Gasteiger partial charge on any atom is -0.508 e. The number of hydrogen-bond donors (Lipinski definition) is 3. The van der Waals surface area contributed by atoms with Crippen LogP contribution in [0.1, 0.15) is 72.3 Å². The summed E-state index contributed by atoms with van der Waals surface area (Å²) in [7, 11) is 0. The third-order valence-electron chi connectivity index (χ3n) is 6.44. The van der Waals surface area contributed by atoms with E-state index in [9.17, 15) is 15.0 Å². The number of phenolic OH excluding ortho intramolecular Hbond substituents is 2. The van der Waals surface area contributed by atoms with Gasteiger partial charge < -0.3 is 15.5 Å². The van der Waals surface area contributed by atoms with E-state index in [-0.39, 0.29) is 11.7 Å². The average molecular weight is 418 g/mol. The molecule has 1 saturated carbocycles. The van der Waals surface area contributed by atoms with E-state index in [0.717, 1.165) is 34.7 Å². The summed E-state index contributed by atoms with van der Waals surface area (Å²) in [4.78, 5) is 12.6. The Kier molecular flexibility index (Phi) is 6.76. The molecule has 1 aliphatic carbocycles. The van der Waals surface area contributed by atoms with Gasteiger partial charge in [-0.1, -0.05) is 68.5 Å². The summed E-state index contributed by atoms with van der Waals surface area (Å²) in [5.74, 6) is 0.526. The molecule has 4 rings (SSSR count). The van der Waals surface area contributed by atoms with Crippen molar-refractivity contribution >= 4 is 16.7 Å².